The highest BCUT2D eigenvalue weighted by Crippen LogP contribution is 2.16. The zero-order chi connectivity index (χ0) is 12.4. The summed E-state index contributed by atoms with van der Waals surface area (Å²) in [4.78, 5) is 8.13. The van der Waals surface area contributed by atoms with Crippen molar-refractivity contribution in [2.45, 2.75) is 19.9 Å². The zero-order valence-electron chi connectivity index (χ0n) is 10.0. The maximum absolute atomic E-state index is 5.59. The Kier molecular flexibility index (Phi) is 2.90. The van der Waals surface area contributed by atoms with Crippen molar-refractivity contribution in [1.82, 2.24) is 24.7 Å². The first-order valence-corrected chi connectivity index (χ1v) is 5.28. The first-order chi connectivity index (χ1) is 8.06. The summed E-state index contributed by atoms with van der Waals surface area (Å²) in [6, 6.07) is 1.83. The highest BCUT2D eigenvalue weighted by molar-refractivity contribution is 5.41. The SMILES string of the molecule is Cc1cc(NC(C)c2nncn2C)nc(N)n1. The molecule has 0 aliphatic carbocycles. The van der Waals surface area contributed by atoms with Crippen molar-refractivity contribution in [3.05, 3.63) is 23.9 Å². The van der Waals surface area contributed by atoms with Crippen molar-refractivity contribution >= 4 is 11.8 Å². The van der Waals surface area contributed by atoms with Gasteiger partial charge in [-0.25, -0.2) is 4.98 Å². The molecule has 2 heterocycles. The molecule has 0 amide bonds. The fourth-order valence-electron chi connectivity index (χ4n) is 1.64. The van der Waals surface area contributed by atoms with Gasteiger partial charge >= 0.3 is 0 Å². The van der Waals surface area contributed by atoms with Crippen molar-refractivity contribution in [3.8, 4) is 0 Å². The minimum atomic E-state index is -0.00352. The molecule has 0 saturated heterocycles. The van der Waals surface area contributed by atoms with Gasteiger partial charge in [-0.2, -0.15) is 4.98 Å². The van der Waals surface area contributed by atoms with Crippen LogP contribution in [0.25, 0.3) is 0 Å². The van der Waals surface area contributed by atoms with Crippen LogP contribution >= 0.6 is 0 Å². The Morgan fingerprint density at radius 2 is 2.18 bits per heavy atom. The number of rotatable bonds is 3. The van der Waals surface area contributed by atoms with Crippen LogP contribution < -0.4 is 11.1 Å². The van der Waals surface area contributed by atoms with Crippen molar-refractivity contribution in [3.63, 3.8) is 0 Å². The van der Waals surface area contributed by atoms with E-state index in [1.54, 1.807) is 6.33 Å². The van der Waals surface area contributed by atoms with Gasteiger partial charge in [-0.05, 0) is 13.8 Å². The average molecular weight is 233 g/mol. The van der Waals surface area contributed by atoms with Crippen molar-refractivity contribution in [2.24, 2.45) is 7.05 Å². The largest absolute Gasteiger partial charge is 0.368 e. The first-order valence-electron chi connectivity index (χ1n) is 5.28. The van der Waals surface area contributed by atoms with Crippen molar-refractivity contribution in [2.75, 3.05) is 11.1 Å². The second-order valence-electron chi connectivity index (χ2n) is 3.92. The van der Waals surface area contributed by atoms with Gasteiger partial charge in [0.1, 0.15) is 12.1 Å². The Balaban J connectivity index is 2.18. The summed E-state index contributed by atoms with van der Waals surface area (Å²) in [7, 11) is 1.90. The van der Waals surface area contributed by atoms with Gasteiger partial charge in [-0.1, -0.05) is 0 Å². The monoisotopic (exact) mass is 233 g/mol. The second-order valence-corrected chi connectivity index (χ2v) is 3.92. The van der Waals surface area contributed by atoms with Gasteiger partial charge in [0.25, 0.3) is 0 Å². The van der Waals surface area contributed by atoms with Crippen LogP contribution in [0.4, 0.5) is 11.8 Å². The van der Waals surface area contributed by atoms with Crippen molar-refractivity contribution in [1.29, 1.82) is 0 Å². The van der Waals surface area contributed by atoms with Crippen LogP contribution in [0, 0.1) is 6.92 Å². The van der Waals surface area contributed by atoms with Crippen LogP contribution in [-0.2, 0) is 7.05 Å². The third-order valence-electron chi connectivity index (χ3n) is 2.37. The van der Waals surface area contributed by atoms with E-state index < -0.39 is 0 Å². The van der Waals surface area contributed by atoms with E-state index in [2.05, 4.69) is 25.5 Å². The molecule has 0 fully saturated rings. The molecule has 1 atom stereocenters. The Bertz CT molecular complexity index is 499. The lowest BCUT2D eigenvalue weighted by molar-refractivity contribution is 0.716. The summed E-state index contributed by atoms with van der Waals surface area (Å²) in [5.41, 5.74) is 6.41. The Morgan fingerprint density at radius 3 is 2.76 bits per heavy atom. The van der Waals surface area contributed by atoms with Gasteiger partial charge < -0.3 is 15.6 Å². The maximum Gasteiger partial charge on any atom is 0.222 e. The third kappa shape index (κ3) is 2.49. The summed E-state index contributed by atoms with van der Waals surface area (Å²) >= 11 is 0. The highest BCUT2D eigenvalue weighted by Gasteiger charge is 2.12. The average Bonchev–Trinajstić information content (AvgIpc) is 2.62. The molecule has 7 nitrogen and oxygen atoms in total. The van der Waals surface area contributed by atoms with E-state index >= 15 is 0 Å². The van der Waals surface area contributed by atoms with E-state index in [4.69, 9.17) is 5.73 Å². The van der Waals surface area contributed by atoms with Gasteiger partial charge in [-0.3, -0.25) is 0 Å². The molecule has 0 saturated carbocycles. The van der Waals surface area contributed by atoms with E-state index in [1.165, 1.54) is 0 Å². The van der Waals surface area contributed by atoms with Crippen LogP contribution in [0.15, 0.2) is 12.4 Å². The number of nitrogens with zero attached hydrogens (tertiary/aromatic N) is 5. The topological polar surface area (TPSA) is 94.5 Å². The molecular weight excluding hydrogens is 218 g/mol. The third-order valence-corrected chi connectivity index (χ3v) is 2.37. The first kappa shape index (κ1) is 11.3. The molecule has 3 N–H and O–H groups in total. The van der Waals surface area contributed by atoms with E-state index in [0.717, 1.165) is 11.5 Å². The molecule has 90 valence electrons. The molecule has 1 unspecified atom stereocenters. The molecule has 0 aromatic carbocycles. The van der Waals surface area contributed by atoms with Crippen LogP contribution in [0.1, 0.15) is 24.5 Å². The molecule has 0 spiro atoms. The molecule has 0 radical (unpaired) electrons. The molecule has 0 aliphatic rings. The molecule has 7 heteroatoms. The highest BCUT2D eigenvalue weighted by atomic mass is 15.3. The number of hydrogen-bond donors (Lipinski definition) is 2. The summed E-state index contributed by atoms with van der Waals surface area (Å²) in [6.45, 7) is 3.86. The summed E-state index contributed by atoms with van der Waals surface area (Å²) in [6.07, 6.45) is 1.66. The maximum atomic E-state index is 5.59. The number of nitrogen functional groups attached to an aromatic ring is 1. The molecule has 2 aromatic heterocycles. The number of hydrogen-bond acceptors (Lipinski definition) is 6. The Morgan fingerprint density at radius 1 is 1.41 bits per heavy atom. The van der Waals surface area contributed by atoms with Gasteiger partial charge in [0.05, 0.1) is 6.04 Å². The Hall–Kier alpha value is -2.18. The van der Waals surface area contributed by atoms with Crippen LogP contribution in [0.2, 0.25) is 0 Å². The van der Waals surface area contributed by atoms with Crippen molar-refractivity contribution < 1.29 is 0 Å². The minimum Gasteiger partial charge on any atom is -0.368 e. The second kappa shape index (κ2) is 4.36. The van der Waals surface area contributed by atoms with Gasteiger partial charge in [0.2, 0.25) is 5.95 Å². The quantitative estimate of drug-likeness (QED) is 0.809. The fraction of sp³-hybridized carbons (Fsp3) is 0.400. The standard InChI is InChI=1S/C10H15N7/c1-6-4-8(15-10(11)13-6)14-7(2)9-16-12-5-17(9)3/h4-5,7H,1-3H3,(H3,11,13,14,15). The smallest absolute Gasteiger partial charge is 0.222 e. The lowest BCUT2D eigenvalue weighted by Crippen LogP contribution is -2.13. The Labute approximate surface area is 99.1 Å². The van der Waals surface area contributed by atoms with Gasteiger partial charge in [0.15, 0.2) is 5.82 Å². The predicted octanol–water partition coefficient (Wildman–Crippen LogP) is 0.669. The molecule has 0 bridgehead atoms. The van der Waals surface area contributed by atoms with E-state index in [9.17, 15) is 0 Å². The molecular formula is C10H15N7. The van der Waals surface area contributed by atoms with Crippen LogP contribution in [0.3, 0.4) is 0 Å². The molecule has 17 heavy (non-hydrogen) atoms. The minimum absolute atomic E-state index is 0.00352. The van der Waals surface area contributed by atoms with Gasteiger partial charge in [0, 0.05) is 18.8 Å². The number of anilines is 2. The van der Waals surface area contributed by atoms with Crippen LogP contribution in [0.5, 0.6) is 0 Å². The zero-order valence-corrected chi connectivity index (χ0v) is 10.0. The molecule has 0 aliphatic heterocycles. The predicted molar refractivity (Wildman–Crippen MR) is 64.2 cm³/mol. The lowest BCUT2D eigenvalue weighted by Gasteiger charge is -2.13. The van der Waals surface area contributed by atoms with Gasteiger partial charge in [-0.15, -0.1) is 10.2 Å². The summed E-state index contributed by atoms with van der Waals surface area (Å²) in [5, 5.41) is 11.1. The molecule has 2 rings (SSSR count). The van der Waals surface area contributed by atoms with E-state index in [-0.39, 0.29) is 12.0 Å². The normalized spacial score (nSPS) is 12.4. The lowest BCUT2D eigenvalue weighted by atomic mass is 10.3. The summed E-state index contributed by atoms with van der Waals surface area (Å²) < 4.78 is 1.86. The van der Waals surface area contributed by atoms with E-state index in [0.29, 0.717) is 5.82 Å². The molecule has 2 aromatic rings. The summed E-state index contributed by atoms with van der Waals surface area (Å²) in [5.74, 6) is 1.78. The number of nitrogens with one attached hydrogen (secondary N) is 1. The number of aryl methyl sites for hydroxylation is 2. The van der Waals surface area contributed by atoms with Crippen LogP contribution in [-0.4, -0.2) is 24.7 Å². The number of nitrogens with two attached hydrogens (primary N) is 1. The number of aromatic nitrogens is 5. The van der Waals surface area contributed by atoms with E-state index in [1.807, 2.05) is 31.5 Å². The fourth-order valence-corrected chi connectivity index (χ4v) is 1.64.